The molecule has 0 atom stereocenters. The van der Waals surface area contributed by atoms with E-state index in [1.807, 2.05) is 36.4 Å². The molecule has 0 spiro atoms. The number of carbonyl (C=O) groups is 1. The first-order valence-electron chi connectivity index (χ1n) is 8.21. The molecular formula is C20H18N4O2. The molecule has 6 nitrogen and oxygen atoms in total. The molecule has 1 heterocycles. The lowest BCUT2D eigenvalue weighted by atomic mass is 10.0. The second-order valence-corrected chi connectivity index (χ2v) is 5.70. The second kappa shape index (κ2) is 8.10. The minimum atomic E-state index is -0.525. The van der Waals surface area contributed by atoms with Gasteiger partial charge in [0.1, 0.15) is 5.75 Å². The van der Waals surface area contributed by atoms with Crippen LogP contribution < -0.4 is 15.8 Å². The van der Waals surface area contributed by atoms with E-state index in [1.165, 1.54) is 6.20 Å². The van der Waals surface area contributed by atoms with E-state index in [4.69, 9.17) is 15.7 Å². The molecule has 0 unspecified atom stereocenters. The number of benzene rings is 2. The van der Waals surface area contributed by atoms with Gasteiger partial charge >= 0.3 is 0 Å². The van der Waals surface area contributed by atoms with Crippen molar-refractivity contribution in [3.63, 3.8) is 0 Å². The Kier molecular flexibility index (Phi) is 5.42. The number of primary amides is 1. The summed E-state index contributed by atoms with van der Waals surface area (Å²) in [6.07, 6.45) is 1.87. The maximum Gasteiger partial charge on any atom is 0.250 e. The summed E-state index contributed by atoms with van der Waals surface area (Å²) in [7, 11) is 0. The fraction of sp³-hybridized carbons (Fsp3) is 0.150. The van der Waals surface area contributed by atoms with Gasteiger partial charge in [0.05, 0.1) is 11.6 Å². The van der Waals surface area contributed by atoms with Crippen LogP contribution in [0.25, 0.3) is 10.8 Å². The lowest BCUT2D eigenvalue weighted by Gasteiger charge is -2.12. The highest BCUT2D eigenvalue weighted by molar-refractivity contribution is 5.92. The highest BCUT2D eigenvalue weighted by atomic mass is 16.5. The molecule has 0 radical (unpaired) electrons. The van der Waals surface area contributed by atoms with Crippen molar-refractivity contribution in [2.75, 3.05) is 6.54 Å². The van der Waals surface area contributed by atoms with Crippen molar-refractivity contribution in [2.24, 2.45) is 5.73 Å². The van der Waals surface area contributed by atoms with E-state index in [9.17, 15) is 4.79 Å². The van der Waals surface area contributed by atoms with Gasteiger partial charge in [0.2, 0.25) is 11.8 Å². The molecule has 0 aliphatic carbocycles. The molecule has 3 N–H and O–H groups in total. The van der Waals surface area contributed by atoms with Crippen LogP contribution in [0.1, 0.15) is 22.3 Å². The number of nitrogens with two attached hydrogens (primary N) is 1. The molecule has 130 valence electrons. The standard InChI is InChI=1S/C20H18N4O2/c21-10-3-11-23-12-14-6-8-18(17-5-2-1-4-16(14)17)26-19-9-7-15(13-24-19)20(22)25/h1-2,4-9,13,23H,3,11-12H2,(H2,22,25). The Bertz CT molecular complexity index is 962. The van der Waals surface area contributed by atoms with Crippen molar-refractivity contribution in [3.8, 4) is 17.7 Å². The molecule has 0 saturated carbocycles. The molecule has 1 amide bonds. The average molecular weight is 346 g/mol. The minimum absolute atomic E-state index is 0.334. The van der Waals surface area contributed by atoms with Gasteiger partial charge in [-0.2, -0.15) is 5.26 Å². The molecule has 0 aliphatic heterocycles. The van der Waals surface area contributed by atoms with Crippen LogP contribution in [-0.4, -0.2) is 17.4 Å². The van der Waals surface area contributed by atoms with Gasteiger partial charge in [-0.05, 0) is 23.1 Å². The first-order chi connectivity index (χ1) is 12.7. The third kappa shape index (κ3) is 3.97. The van der Waals surface area contributed by atoms with Gasteiger partial charge in [-0.1, -0.05) is 30.3 Å². The number of nitriles is 1. The number of amides is 1. The summed E-state index contributed by atoms with van der Waals surface area (Å²) in [6.45, 7) is 1.33. The molecule has 3 aromatic rings. The first kappa shape index (κ1) is 17.4. The SMILES string of the molecule is N#CCCNCc1ccc(Oc2ccc(C(N)=O)cn2)c2ccccc12. The van der Waals surface area contributed by atoms with E-state index in [0.29, 0.717) is 36.7 Å². The van der Waals surface area contributed by atoms with Crippen LogP contribution in [0.15, 0.2) is 54.7 Å². The van der Waals surface area contributed by atoms with E-state index < -0.39 is 5.91 Å². The summed E-state index contributed by atoms with van der Waals surface area (Å²) in [6, 6.07) is 17.2. The topological polar surface area (TPSA) is 101 Å². The van der Waals surface area contributed by atoms with E-state index in [1.54, 1.807) is 12.1 Å². The van der Waals surface area contributed by atoms with Crippen molar-refractivity contribution in [3.05, 3.63) is 65.9 Å². The van der Waals surface area contributed by atoms with Gasteiger partial charge in [-0.15, -0.1) is 0 Å². The summed E-state index contributed by atoms with van der Waals surface area (Å²) >= 11 is 0. The zero-order valence-electron chi connectivity index (χ0n) is 14.1. The Balaban J connectivity index is 1.85. The van der Waals surface area contributed by atoms with Gasteiger partial charge < -0.3 is 15.8 Å². The average Bonchev–Trinajstić information content (AvgIpc) is 2.67. The number of fused-ring (bicyclic) bond motifs is 1. The maximum atomic E-state index is 11.1. The molecule has 0 saturated heterocycles. The van der Waals surface area contributed by atoms with E-state index >= 15 is 0 Å². The van der Waals surface area contributed by atoms with Crippen LogP contribution in [-0.2, 0) is 6.54 Å². The molecule has 0 aliphatic rings. The van der Waals surface area contributed by atoms with Crippen LogP contribution in [0.4, 0.5) is 0 Å². The van der Waals surface area contributed by atoms with Crippen LogP contribution >= 0.6 is 0 Å². The normalized spacial score (nSPS) is 10.4. The Morgan fingerprint density at radius 3 is 2.65 bits per heavy atom. The zero-order chi connectivity index (χ0) is 18.4. The number of ether oxygens (including phenoxy) is 1. The number of pyridine rings is 1. The van der Waals surface area contributed by atoms with Crippen molar-refractivity contribution in [2.45, 2.75) is 13.0 Å². The molecule has 0 fully saturated rings. The third-order valence-electron chi connectivity index (χ3n) is 3.94. The fourth-order valence-corrected chi connectivity index (χ4v) is 2.64. The van der Waals surface area contributed by atoms with Crippen molar-refractivity contribution >= 4 is 16.7 Å². The first-order valence-corrected chi connectivity index (χ1v) is 8.21. The largest absolute Gasteiger partial charge is 0.438 e. The molecule has 6 heteroatoms. The fourth-order valence-electron chi connectivity index (χ4n) is 2.64. The zero-order valence-corrected chi connectivity index (χ0v) is 14.1. The summed E-state index contributed by atoms with van der Waals surface area (Å²) in [4.78, 5) is 15.3. The Morgan fingerprint density at radius 1 is 1.15 bits per heavy atom. The van der Waals surface area contributed by atoms with Gasteiger partial charge in [0, 0.05) is 37.2 Å². The molecule has 0 bridgehead atoms. The molecule has 26 heavy (non-hydrogen) atoms. The highest BCUT2D eigenvalue weighted by Gasteiger charge is 2.09. The lowest BCUT2D eigenvalue weighted by Crippen LogP contribution is -2.14. The smallest absolute Gasteiger partial charge is 0.250 e. The second-order valence-electron chi connectivity index (χ2n) is 5.70. The van der Waals surface area contributed by atoms with Crippen LogP contribution in [0.2, 0.25) is 0 Å². The molecule has 3 rings (SSSR count). The Labute approximate surface area is 151 Å². The number of hydrogen-bond acceptors (Lipinski definition) is 5. The van der Waals surface area contributed by atoms with Crippen molar-refractivity contribution < 1.29 is 9.53 Å². The Hall–Kier alpha value is -3.43. The number of rotatable bonds is 7. The molecular weight excluding hydrogens is 328 g/mol. The summed E-state index contributed by atoms with van der Waals surface area (Å²) < 4.78 is 5.90. The van der Waals surface area contributed by atoms with Crippen LogP contribution in [0.5, 0.6) is 11.6 Å². The van der Waals surface area contributed by atoms with Gasteiger partial charge in [0.25, 0.3) is 0 Å². The van der Waals surface area contributed by atoms with E-state index in [-0.39, 0.29) is 0 Å². The van der Waals surface area contributed by atoms with Crippen LogP contribution in [0, 0.1) is 11.3 Å². The summed E-state index contributed by atoms with van der Waals surface area (Å²) in [5.41, 5.74) is 6.68. The maximum absolute atomic E-state index is 11.1. The number of nitrogens with zero attached hydrogens (tertiary/aromatic N) is 2. The van der Waals surface area contributed by atoms with Gasteiger partial charge in [0.15, 0.2) is 0 Å². The van der Waals surface area contributed by atoms with Crippen molar-refractivity contribution in [1.29, 1.82) is 5.26 Å². The van der Waals surface area contributed by atoms with E-state index in [0.717, 1.165) is 16.3 Å². The minimum Gasteiger partial charge on any atom is -0.438 e. The number of aromatic nitrogens is 1. The lowest BCUT2D eigenvalue weighted by molar-refractivity contribution is 0.1000. The number of carbonyl (C=O) groups excluding carboxylic acids is 1. The third-order valence-corrected chi connectivity index (χ3v) is 3.94. The van der Waals surface area contributed by atoms with Gasteiger partial charge in [-0.25, -0.2) is 4.98 Å². The quantitative estimate of drug-likeness (QED) is 0.640. The van der Waals surface area contributed by atoms with Crippen molar-refractivity contribution in [1.82, 2.24) is 10.3 Å². The predicted molar refractivity (Wildman–Crippen MR) is 98.7 cm³/mol. The number of hydrogen-bond donors (Lipinski definition) is 2. The highest BCUT2D eigenvalue weighted by Crippen LogP contribution is 2.31. The number of nitrogens with one attached hydrogen (secondary N) is 1. The molecule has 2 aromatic carbocycles. The monoisotopic (exact) mass is 346 g/mol. The van der Waals surface area contributed by atoms with Crippen LogP contribution in [0.3, 0.4) is 0 Å². The predicted octanol–water partition coefficient (Wildman–Crippen LogP) is 3.13. The molecule has 1 aromatic heterocycles. The summed E-state index contributed by atoms with van der Waals surface area (Å²) in [5, 5.41) is 13.9. The van der Waals surface area contributed by atoms with E-state index in [2.05, 4.69) is 16.4 Å². The Morgan fingerprint density at radius 2 is 1.96 bits per heavy atom. The summed E-state index contributed by atoms with van der Waals surface area (Å²) in [5.74, 6) is 0.545. The van der Waals surface area contributed by atoms with Gasteiger partial charge in [-0.3, -0.25) is 4.79 Å².